The molecule has 0 spiro atoms. The molecule has 1 N–H and O–H groups in total. The normalized spacial score (nSPS) is 14.4. The topological polar surface area (TPSA) is 86.8 Å². The number of hydrogen-bond acceptors (Lipinski definition) is 4. The predicted octanol–water partition coefficient (Wildman–Crippen LogP) is 5.75. The summed E-state index contributed by atoms with van der Waals surface area (Å²) in [6.07, 6.45) is 4.94. The second kappa shape index (κ2) is 14.0. The van der Waals surface area contributed by atoms with Crippen molar-refractivity contribution in [3.8, 4) is 0 Å². The van der Waals surface area contributed by atoms with Gasteiger partial charge < -0.3 is 10.2 Å². The van der Waals surface area contributed by atoms with E-state index in [1.54, 1.807) is 35.2 Å². The number of nitrogens with zero attached hydrogens (tertiary/aromatic N) is 2. The highest BCUT2D eigenvalue weighted by molar-refractivity contribution is 7.92. The summed E-state index contributed by atoms with van der Waals surface area (Å²) in [6.45, 7) is 3.55. The molecule has 0 radical (unpaired) electrons. The Kier molecular flexibility index (Phi) is 10.5. The Balaban J connectivity index is 1.67. The van der Waals surface area contributed by atoms with Crippen LogP contribution in [0.5, 0.6) is 0 Å². The molecule has 1 saturated carbocycles. The maximum absolute atomic E-state index is 14.1. The van der Waals surface area contributed by atoms with Gasteiger partial charge >= 0.3 is 0 Å². The van der Waals surface area contributed by atoms with Gasteiger partial charge in [0, 0.05) is 17.6 Å². The van der Waals surface area contributed by atoms with Crippen LogP contribution in [0.1, 0.15) is 50.2 Å². The van der Waals surface area contributed by atoms with Crippen LogP contribution >= 0.6 is 11.6 Å². The van der Waals surface area contributed by atoms with Crippen molar-refractivity contribution in [1.82, 2.24) is 10.2 Å². The Bertz CT molecular complexity index is 1420. The maximum atomic E-state index is 14.1. The van der Waals surface area contributed by atoms with Gasteiger partial charge in [0.1, 0.15) is 12.6 Å². The first-order valence-corrected chi connectivity index (χ1v) is 16.0. The van der Waals surface area contributed by atoms with Crippen LogP contribution in [0.2, 0.25) is 5.02 Å². The van der Waals surface area contributed by atoms with E-state index in [2.05, 4.69) is 5.32 Å². The number of hydrogen-bond donors (Lipinski definition) is 1. The highest BCUT2D eigenvalue weighted by Crippen LogP contribution is 2.27. The van der Waals surface area contributed by atoms with Gasteiger partial charge in [0.15, 0.2) is 0 Å². The zero-order chi connectivity index (χ0) is 29.4. The molecule has 1 aliphatic rings. The van der Waals surface area contributed by atoms with Crippen molar-refractivity contribution in [1.29, 1.82) is 0 Å². The van der Waals surface area contributed by atoms with Crippen molar-refractivity contribution in [2.24, 2.45) is 0 Å². The molecule has 41 heavy (non-hydrogen) atoms. The first kappa shape index (κ1) is 30.6. The smallest absolute Gasteiger partial charge is 0.264 e. The van der Waals surface area contributed by atoms with E-state index < -0.39 is 28.5 Å². The van der Waals surface area contributed by atoms with Crippen LogP contribution in [0.25, 0.3) is 0 Å². The van der Waals surface area contributed by atoms with Gasteiger partial charge in [0.05, 0.1) is 10.6 Å². The molecule has 7 nitrogen and oxygen atoms in total. The third-order valence-corrected chi connectivity index (χ3v) is 9.58. The molecule has 218 valence electrons. The summed E-state index contributed by atoms with van der Waals surface area (Å²) in [4.78, 5) is 29.2. The van der Waals surface area contributed by atoms with E-state index in [1.807, 2.05) is 44.2 Å². The molecular weight excluding hydrogens is 558 g/mol. The SMILES string of the molecule is CC[C@@H](C(=O)NC1CCCC1)N(CCc1ccccc1)C(=O)CN(c1cccc(Cl)c1)S(=O)(=O)c1ccc(C)cc1. The van der Waals surface area contributed by atoms with Gasteiger partial charge in [-0.1, -0.05) is 85.5 Å². The van der Waals surface area contributed by atoms with E-state index in [9.17, 15) is 18.0 Å². The van der Waals surface area contributed by atoms with Crippen LogP contribution in [0.15, 0.2) is 83.8 Å². The van der Waals surface area contributed by atoms with Crippen molar-refractivity contribution in [3.05, 3.63) is 95.0 Å². The number of anilines is 1. The van der Waals surface area contributed by atoms with Crippen molar-refractivity contribution in [2.75, 3.05) is 17.4 Å². The number of carbonyl (C=O) groups excluding carboxylic acids is 2. The maximum Gasteiger partial charge on any atom is 0.264 e. The van der Waals surface area contributed by atoms with Gasteiger partial charge in [-0.3, -0.25) is 13.9 Å². The van der Waals surface area contributed by atoms with Gasteiger partial charge in [-0.2, -0.15) is 0 Å². The fourth-order valence-corrected chi connectivity index (χ4v) is 6.85. The quantitative estimate of drug-likeness (QED) is 0.289. The summed E-state index contributed by atoms with van der Waals surface area (Å²) in [5.41, 5.74) is 2.22. The van der Waals surface area contributed by atoms with Crippen molar-refractivity contribution in [2.45, 2.75) is 69.4 Å². The lowest BCUT2D eigenvalue weighted by Gasteiger charge is -2.33. The molecule has 0 bridgehead atoms. The molecule has 1 atom stereocenters. The first-order valence-electron chi connectivity index (χ1n) is 14.2. The van der Waals surface area contributed by atoms with Gasteiger partial charge in [0.2, 0.25) is 11.8 Å². The van der Waals surface area contributed by atoms with Crippen molar-refractivity contribution >= 4 is 39.1 Å². The molecule has 3 aromatic carbocycles. The molecule has 0 aliphatic heterocycles. The number of amides is 2. The highest BCUT2D eigenvalue weighted by atomic mass is 35.5. The van der Waals surface area contributed by atoms with Crippen LogP contribution in [0, 0.1) is 6.92 Å². The van der Waals surface area contributed by atoms with Crippen LogP contribution in [0.3, 0.4) is 0 Å². The Morgan fingerprint density at radius 3 is 2.29 bits per heavy atom. The number of halogens is 1. The summed E-state index contributed by atoms with van der Waals surface area (Å²) in [7, 11) is -4.13. The molecule has 9 heteroatoms. The van der Waals surface area contributed by atoms with E-state index in [0.717, 1.165) is 41.1 Å². The summed E-state index contributed by atoms with van der Waals surface area (Å²) in [5.74, 6) is -0.651. The summed E-state index contributed by atoms with van der Waals surface area (Å²) >= 11 is 6.25. The van der Waals surface area contributed by atoms with Gasteiger partial charge in [-0.05, 0) is 68.5 Å². The lowest BCUT2D eigenvalue weighted by Crippen LogP contribution is -2.54. The molecule has 0 unspecified atom stereocenters. The zero-order valence-electron chi connectivity index (χ0n) is 23.6. The van der Waals surface area contributed by atoms with E-state index in [-0.39, 0.29) is 29.1 Å². The highest BCUT2D eigenvalue weighted by Gasteiger charge is 2.34. The lowest BCUT2D eigenvalue weighted by atomic mass is 10.1. The third kappa shape index (κ3) is 7.89. The molecule has 0 heterocycles. The average molecular weight is 596 g/mol. The molecule has 1 fully saturated rings. The minimum absolute atomic E-state index is 0.0673. The third-order valence-electron chi connectivity index (χ3n) is 7.56. The first-order chi connectivity index (χ1) is 19.7. The number of nitrogens with one attached hydrogen (secondary N) is 1. The second-order valence-electron chi connectivity index (χ2n) is 10.5. The Hall–Kier alpha value is -3.36. The number of rotatable bonds is 12. The lowest BCUT2D eigenvalue weighted by molar-refractivity contribution is -0.139. The second-order valence-corrected chi connectivity index (χ2v) is 12.8. The fraction of sp³-hybridized carbons (Fsp3) is 0.375. The van der Waals surface area contributed by atoms with Crippen LogP contribution in [-0.2, 0) is 26.0 Å². The van der Waals surface area contributed by atoms with Gasteiger partial charge in [0.25, 0.3) is 10.0 Å². The monoisotopic (exact) mass is 595 g/mol. The van der Waals surface area contributed by atoms with Crippen molar-refractivity contribution < 1.29 is 18.0 Å². The van der Waals surface area contributed by atoms with Gasteiger partial charge in [-0.25, -0.2) is 8.42 Å². The standard InChI is InChI=1S/C32H38ClN3O4S/c1-3-30(32(38)34-27-13-7-8-14-27)35(21-20-25-10-5-4-6-11-25)31(37)23-36(28-15-9-12-26(33)22-28)41(39,40)29-18-16-24(2)17-19-29/h4-6,9-12,15-19,22,27,30H,3,7-8,13-14,20-21,23H2,1-2H3,(H,34,38)/t30-/m0/s1. The molecule has 3 aromatic rings. The molecule has 1 aliphatic carbocycles. The molecule has 0 saturated heterocycles. The molecule has 4 rings (SSSR count). The summed E-state index contributed by atoms with van der Waals surface area (Å²) in [5, 5.41) is 3.48. The largest absolute Gasteiger partial charge is 0.352 e. The fourth-order valence-electron chi connectivity index (χ4n) is 5.26. The van der Waals surface area contributed by atoms with E-state index in [0.29, 0.717) is 17.9 Å². The molecular formula is C32H38ClN3O4S. The Labute approximate surface area is 248 Å². The summed E-state index contributed by atoms with van der Waals surface area (Å²) in [6, 6.07) is 22.1. The van der Waals surface area contributed by atoms with Crippen LogP contribution < -0.4 is 9.62 Å². The predicted molar refractivity (Wildman–Crippen MR) is 163 cm³/mol. The van der Waals surface area contributed by atoms with E-state index >= 15 is 0 Å². The van der Waals surface area contributed by atoms with E-state index in [1.165, 1.54) is 18.2 Å². The van der Waals surface area contributed by atoms with Crippen LogP contribution in [-0.4, -0.2) is 50.3 Å². The van der Waals surface area contributed by atoms with Crippen molar-refractivity contribution in [3.63, 3.8) is 0 Å². The summed E-state index contributed by atoms with van der Waals surface area (Å²) < 4.78 is 28.9. The molecule has 0 aromatic heterocycles. The Morgan fingerprint density at radius 1 is 0.976 bits per heavy atom. The number of sulfonamides is 1. The molecule has 2 amide bonds. The van der Waals surface area contributed by atoms with Gasteiger partial charge in [-0.15, -0.1) is 0 Å². The zero-order valence-corrected chi connectivity index (χ0v) is 25.2. The number of benzene rings is 3. The minimum atomic E-state index is -4.13. The average Bonchev–Trinajstić information content (AvgIpc) is 3.47. The Morgan fingerprint density at radius 2 is 1.66 bits per heavy atom. The minimum Gasteiger partial charge on any atom is -0.352 e. The van der Waals surface area contributed by atoms with E-state index in [4.69, 9.17) is 11.6 Å². The number of carbonyl (C=O) groups is 2. The van der Waals surface area contributed by atoms with Crippen LogP contribution in [0.4, 0.5) is 5.69 Å². The number of aryl methyl sites for hydroxylation is 1.